The highest BCUT2D eigenvalue weighted by Gasteiger charge is 2.22. The lowest BCUT2D eigenvalue weighted by molar-refractivity contribution is 1.32. The Morgan fingerprint density at radius 2 is 1.08 bits per heavy atom. The van der Waals surface area contributed by atoms with Crippen molar-refractivity contribution in [2.75, 3.05) is 0 Å². The largest absolute Gasteiger partial charge is 0.297 e. The standard InChI is InChI=1S/C8H8Br2N2/c1-3-4(2)6(10)8(12)7(11)5(3)9/h11-12H,1-2H3. The van der Waals surface area contributed by atoms with Gasteiger partial charge in [0.15, 0.2) is 0 Å². The maximum absolute atomic E-state index is 7.56. The number of hydrogen-bond acceptors (Lipinski definition) is 2. The quantitative estimate of drug-likeness (QED) is 0.643. The van der Waals surface area contributed by atoms with Crippen LogP contribution in [0.15, 0.2) is 20.1 Å². The van der Waals surface area contributed by atoms with Crippen LogP contribution in [0.5, 0.6) is 0 Å². The summed E-state index contributed by atoms with van der Waals surface area (Å²) in [6.45, 7) is 3.86. The summed E-state index contributed by atoms with van der Waals surface area (Å²) in [6, 6.07) is 0. The first kappa shape index (κ1) is 9.86. The van der Waals surface area contributed by atoms with Crippen molar-refractivity contribution in [2.45, 2.75) is 13.8 Å². The Hall–Kier alpha value is -0.220. The Kier molecular flexibility index (Phi) is 2.68. The van der Waals surface area contributed by atoms with Gasteiger partial charge in [0.2, 0.25) is 0 Å². The van der Waals surface area contributed by atoms with Gasteiger partial charge >= 0.3 is 0 Å². The Bertz CT molecular complexity index is 288. The Balaban J connectivity index is 3.37. The summed E-state index contributed by atoms with van der Waals surface area (Å²) in [5.41, 5.74) is 2.51. The molecule has 0 saturated carbocycles. The van der Waals surface area contributed by atoms with Crippen LogP contribution in [0.3, 0.4) is 0 Å². The second-order valence-corrected chi connectivity index (χ2v) is 4.21. The molecule has 0 bridgehead atoms. The van der Waals surface area contributed by atoms with E-state index in [1.54, 1.807) is 0 Å². The lowest BCUT2D eigenvalue weighted by Crippen LogP contribution is -2.18. The van der Waals surface area contributed by atoms with Crippen LogP contribution in [0.25, 0.3) is 0 Å². The number of hydrogen-bond donors (Lipinski definition) is 2. The summed E-state index contributed by atoms with van der Waals surface area (Å²) in [4.78, 5) is 0. The van der Waals surface area contributed by atoms with Crippen LogP contribution < -0.4 is 0 Å². The van der Waals surface area contributed by atoms with Crippen LogP contribution in [-0.4, -0.2) is 11.4 Å². The summed E-state index contributed by atoms with van der Waals surface area (Å²) in [6.07, 6.45) is 0. The van der Waals surface area contributed by atoms with E-state index in [-0.39, 0.29) is 11.4 Å². The third kappa shape index (κ3) is 1.33. The predicted molar refractivity (Wildman–Crippen MR) is 58.7 cm³/mol. The zero-order chi connectivity index (χ0) is 9.46. The van der Waals surface area contributed by atoms with E-state index in [9.17, 15) is 0 Å². The van der Waals surface area contributed by atoms with Crippen LogP contribution in [0.1, 0.15) is 13.8 Å². The number of halogens is 2. The summed E-state index contributed by atoms with van der Waals surface area (Å²) < 4.78 is 1.43. The van der Waals surface area contributed by atoms with Crippen molar-refractivity contribution >= 4 is 43.3 Å². The topological polar surface area (TPSA) is 47.7 Å². The van der Waals surface area contributed by atoms with E-state index in [0.29, 0.717) is 8.96 Å². The Morgan fingerprint density at radius 1 is 0.833 bits per heavy atom. The first-order valence-corrected chi connectivity index (χ1v) is 4.96. The summed E-state index contributed by atoms with van der Waals surface area (Å²) >= 11 is 6.57. The summed E-state index contributed by atoms with van der Waals surface area (Å²) in [5.74, 6) is 0. The summed E-state index contributed by atoms with van der Waals surface area (Å²) in [5, 5.41) is 15.1. The first-order chi connectivity index (χ1) is 5.46. The number of nitrogens with one attached hydrogen (secondary N) is 2. The van der Waals surface area contributed by atoms with Crippen LogP contribution >= 0.6 is 31.9 Å². The van der Waals surface area contributed by atoms with Crippen molar-refractivity contribution in [1.82, 2.24) is 0 Å². The van der Waals surface area contributed by atoms with Crippen LogP contribution in [0.4, 0.5) is 0 Å². The molecule has 0 aromatic heterocycles. The molecule has 0 unspecified atom stereocenters. The van der Waals surface area contributed by atoms with Gasteiger partial charge in [-0.25, -0.2) is 0 Å². The average molecular weight is 292 g/mol. The molecule has 0 amide bonds. The highest BCUT2D eigenvalue weighted by Crippen LogP contribution is 2.31. The minimum atomic E-state index is 0.241. The van der Waals surface area contributed by atoms with Gasteiger partial charge in [-0.05, 0) is 56.9 Å². The van der Waals surface area contributed by atoms with Gasteiger partial charge in [-0.15, -0.1) is 0 Å². The van der Waals surface area contributed by atoms with Crippen molar-refractivity contribution < 1.29 is 0 Å². The molecule has 2 N–H and O–H groups in total. The molecule has 64 valence electrons. The second kappa shape index (κ2) is 3.26. The molecule has 1 rings (SSSR count). The lowest BCUT2D eigenvalue weighted by Gasteiger charge is -2.17. The number of allylic oxidation sites excluding steroid dienone is 4. The van der Waals surface area contributed by atoms with Crippen molar-refractivity contribution in [1.29, 1.82) is 10.8 Å². The molecule has 12 heavy (non-hydrogen) atoms. The van der Waals surface area contributed by atoms with Crippen molar-refractivity contribution in [2.24, 2.45) is 0 Å². The fraction of sp³-hybridized carbons (Fsp3) is 0.250. The van der Waals surface area contributed by atoms with E-state index >= 15 is 0 Å². The zero-order valence-corrected chi connectivity index (χ0v) is 9.93. The molecule has 0 aromatic rings. The average Bonchev–Trinajstić information content (AvgIpc) is 2.08. The molecule has 0 saturated heterocycles. The molecule has 0 radical (unpaired) electrons. The number of rotatable bonds is 0. The third-order valence-electron chi connectivity index (χ3n) is 1.91. The molecule has 0 spiro atoms. The van der Waals surface area contributed by atoms with Crippen LogP contribution in [-0.2, 0) is 0 Å². The SMILES string of the molecule is CC1=C(Br)C(=N)C(=N)C(Br)=C1C. The molecule has 4 heteroatoms. The molecule has 0 fully saturated rings. The molecular weight excluding hydrogens is 284 g/mol. The van der Waals surface area contributed by atoms with E-state index in [2.05, 4.69) is 31.9 Å². The van der Waals surface area contributed by atoms with E-state index in [4.69, 9.17) is 10.8 Å². The predicted octanol–water partition coefficient (Wildman–Crippen LogP) is 3.38. The van der Waals surface area contributed by atoms with E-state index in [1.165, 1.54) is 0 Å². The minimum Gasteiger partial charge on any atom is -0.297 e. The Morgan fingerprint density at radius 3 is 1.33 bits per heavy atom. The fourth-order valence-corrected chi connectivity index (χ4v) is 1.91. The van der Waals surface area contributed by atoms with E-state index in [1.807, 2.05) is 13.8 Å². The minimum absolute atomic E-state index is 0.241. The van der Waals surface area contributed by atoms with Crippen LogP contribution in [0.2, 0.25) is 0 Å². The van der Waals surface area contributed by atoms with E-state index < -0.39 is 0 Å². The molecule has 0 aromatic carbocycles. The smallest absolute Gasteiger partial charge is 0.0945 e. The van der Waals surface area contributed by atoms with Gasteiger partial charge in [-0.3, -0.25) is 10.8 Å². The first-order valence-electron chi connectivity index (χ1n) is 3.38. The molecular formula is C8H8Br2N2. The van der Waals surface area contributed by atoms with Crippen molar-refractivity contribution in [3.8, 4) is 0 Å². The van der Waals surface area contributed by atoms with Crippen LogP contribution in [0, 0.1) is 10.8 Å². The van der Waals surface area contributed by atoms with Gasteiger partial charge in [-0.1, -0.05) is 0 Å². The monoisotopic (exact) mass is 290 g/mol. The van der Waals surface area contributed by atoms with Gasteiger partial charge in [0.05, 0.1) is 11.4 Å². The summed E-state index contributed by atoms with van der Waals surface area (Å²) in [7, 11) is 0. The van der Waals surface area contributed by atoms with Gasteiger partial charge < -0.3 is 0 Å². The van der Waals surface area contributed by atoms with Crippen molar-refractivity contribution in [3.05, 3.63) is 20.1 Å². The van der Waals surface area contributed by atoms with Gasteiger partial charge in [0.1, 0.15) is 0 Å². The van der Waals surface area contributed by atoms with Crippen molar-refractivity contribution in [3.63, 3.8) is 0 Å². The molecule has 0 atom stereocenters. The Labute approximate surface area is 88.0 Å². The second-order valence-electron chi connectivity index (χ2n) is 2.63. The molecule has 0 heterocycles. The molecule has 0 aliphatic heterocycles. The highest BCUT2D eigenvalue weighted by molar-refractivity contribution is 9.12. The van der Waals surface area contributed by atoms with Gasteiger partial charge in [0, 0.05) is 8.96 Å². The maximum Gasteiger partial charge on any atom is 0.0945 e. The molecule has 1 aliphatic rings. The fourth-order valence-electron chi connectivity index (χ4n) is 0.924. The molecule has 1 aliphatic carbocycles. The van der Waals surface area contributed by atoms with E-state index in [0.717, 1.165) is 11.1 Å². The van der Waals surface area contributed by atoms with Gasteiger partial charge in [-0.2, -0.15) is 0 Å². The maximum atomic E-state index is 7.56. The third-order valence-corrected chi connectivity index (χ3v) is 3.89. The lowest BCUT2D eigenvalue weighted by atomic mass is 9.98. The zero-order valence-electron chi connectivity index (χ0n) is 6.76. The van der Waals surface area contributed by atoms with Gasteiger partial charge in [0.25, 0.3) is 0 Å². The normalized spacial score (nSPS) is 19.3. The molecule has 2 nitrogen and oxygen atoms in total. The highest BCUT2D eigenvalue weighted by atomic mass is 79.9.